The van der Waals surface area contributed by atoms with Gasteiger partial charge in [0.05, 0.1) is 24.3 Å². The van der Waals surface area contributed by atoms with Crippen molar-refractivity contribution < 1.29 is 19.6 Å². The van der Waals surface area contributed by atoms with Crippen molar-refractivity contribution in [3.63, 3.8) is 0 Å². The number of benzene rings is 1. The van der Waals surface area contributed by atoms with Crippen LogP contribution in [0.3, 0.4) is 0 Å². The molecule has 0 amide bonds. The highest BCUT2D eigenvalue weighted by Gasteiger charge is 2.26. The Morgan fingerprint density at radius 2 is 2.10 bits per heavy atom. The van der Waals surface area contributed by atoms with Gasteiger partial charge in [-0.05, 0) is 17.7 Å². The summed E-state index contributed by atoms with van der Waals surface area (Å²) in [5.74, 6) is -0.873. The van der Waals surface area contributed by atoms with Gasteiger partial charge in [-0.3, -0.25) is 10.1 Å². The highest BCUT2D eigenvalue weighted by molar-refractivity contribution is 5.91. The molecule has 1 aromatic heterocycles. The largest absolute Gasteiger partial charge is 0.464 e. The van der Waals surface area contributed by atoms with Crippen LogP contribution < -0.4 is 0 Å². The van der Waals surface area contributed by atoms with Gasteiger partial charge in [-0.15, -0.1) is 0 Å². The van der Waals surface area contributed by atoms with Crippen LogP contribution in [0.25, 0.3) is 5.69 Å². The highest BCUT2D eigenvalue weighted by atomic mass is 16.6. The van der Waals surface area contributed by atoms with Crippen LogP contribution >= 0.6 is 0 Å². The Kier molecular flexibility index (Phi) is 3.76. The predicted molar refractivity (Wildman–Crippen MR) is 67.5 cm³/mol. The molecule has 0 saturated heterocycles. The van der Waals surface area contributed by atoms with Gasteiger partial charge in [0.2, 0.25) is 5.69 Å². The number of hydrogen-bond donors (Lipinski definition) is 1. The average molecular weight is 277 g/mol. The predicted octanol–water partition coefficient (Wildman–Crippen LogP) is 1.06. The van der Waals surface area contributed by atoms with Gasteiger partial charge < -0.3 is 9.84 Å². The Balaban J connectivity index is 2.46. The lowest BCUT2D eigenvalue weighted by Gasteiger charge is -2.01. The van der Waals surface area contributed by atoms with Gasteiger partial charge in [0.25, 0.3) is 0 Å². The number of carbonyl (C=O) groups excluding carboxylic acids is 1. The van der Waals surface area contributed by atoms with Crippen molar-refractivity contribution in [3.05, 3.63) is 51.8 Å². The van der Waals surface area contributed by atoms with Crippen molar-refractivity contribution in [3.8, 4) is 5.69 Å². The molecular formula is C12H11N3O5. The Labute approximate surface area is 113 Å². The van der Waals surface area contributed by atoms with Gasteiger partial charge >= 0.3 is 11.7 Å². The monoisotopic (exact) mass is 277 g/mol. The molecule has 1 heterocycles. The number of nitrogens with zero attached hydrogens (tertiary/aromatic N) is 3. The van der Waals surface area contributed by atoms with Crippen molar-refractivity contribution in [2.75, 3.05) is 7.11 Å². The third kappa shape index (κ3) is 2.50. The minimum Gasteiger partial charge on any atom is -0.464 e. The summed E-state index contributed by atoms with van der Waals surface area (Å²) in [6, 6.07) is 6.56. The lowest BCUT2D eigenvalue weighted by molar-refractivity contribution is -0.385. The first kappa shape index (κ1) is 13.7. The lowest BCUT2D eigenvalue weighted by atomic mass is 10.2. The zero-order chi connectivity index (χ0) is 14.7. The number of esters is 1. The maximum atomic E-state index is 11.4. The van der Waals surface area contributed by atoms with E-state index in [1.807, 2.05) is 0 Å². The fourth-order valence-electron chi connectivity index (χ4n) is 1.63. The van der Waals surface area contributed by atoms with Crippen molar-refractivity contribution in [1.82, 2.24) is 9.78 Å². The average Bonchev–Trinajstić information content (AvgIpc) is 2.92. The van der Waals surface area contributed by atoms with E-state index in [-0.39, 0.29) is 12.3 Å². The zero-order valence-corrected chi connectivity index (χ0v) is 10.5. The van der Waals surface area contributed by atoms with E-state index in [2.05, 4.69) is 9.84 Å². The Morgan fingerprint density at radius 1 is 1.45 bits per heavy atom. The molecule has 8 nitrogen and oxygen atoms in total. The Morgan fingerprint density at radius 3 is 2.60 bits per heavy atom. The highest BCUT2D eigenvalue weighted by Crippen LogP contribution is 2.20. The normalized spacial score (nSPS) is 10.3. The van der Waals surface area contributed by atoms with Crippen LogP contribution in [0, 0.1) is 10.1 Å². The van der Waals surface area contributed by atoms with Crippen LogP contribution in [-0.2, 0) is 11.3 Å². The number of methoxy groups -OCH3 is 1. The summed E-state index contributed by atoms with van der Waals surface area (Å²) in [6.45, 7) is -0.104. The molecule has 0 spiro atoms. The summed E-state index contributed by atoms with van der Waals surface area (Å²) in [4.78, 5) is 21.7. The topological polar surface area (TPSA) is 107 Å². The number of rotatable bonds is 4. The molecule has 0 aliphatic rings. The van der Waals surface area contributed by atoms with E-state index in [0.29, 0.717) is 11.3 Å². The summed E-state index contributed by atoms with van der Waals surface area (Å²) in [7, 11) is 1.13. The van der Waals surface area contributed by atoms with E-state index in [1.54, 1.807) is 24.3 Å². The van der Waals surface area contributed by atoms with Crippen molar-refractivity contribution in [1.29, 1.82) is 0 Å². The number of aliphatic hydroxyl groups is 1. The second-order valence-corrected chi connectivity index (χ2v) is 3.88. The van der Waals surface area contributed by atoms with Crippen LogP contribution in [0.15, 0.2) is 30.5 Å². The standard InChI is InChI=1S/C12H11N3O5/c1-20-12(17)11-10(15(18)19)6-14(13-11)9-4-2-8(7-16)3-5-9/h2-6,16H,7H2,1H3. The number of aliphatic hydroxyl groups excluding tert-OH is 1. The van der Waals surface area contributed by atoms with Crippen LogP contribution in [-0.4, -0.2) is 32.9 Å². The quantitative estimate of drug-likeness (QED) is 0.508. The summed E-state index contributed by atoms with van der Waals surface area (Å²) in [5.41, 5.74) is 0.441. The number of hydrogen-bond acceptors (Lipinski definition) is 6. The molecule has 1 N–H and O–H groups in total. The van der Waals surface area contributed by atoms with Crippen molar-refractivity contribution >= 4 is 11.7 Å². The van der Waals surface area contributed by atoms with Gasteiger partial charge in [0, 0.05) is 0 Å². The molecule has 104 valence electrons. The third-order valence-corrected chi connectivity index (χ3v) is 2.65. The molecule has 0 fully saturated rings. The maximum Gasteiger partial charge on any atom is 0.365 e. The molecule has 0 bridgehead atoms. The van der Waals surface area contributed by atoms with Crippen molar-refractivity contribution in [2.45, 2.75) is 6.61 Å². The number of ether oxygens (including phenoxy) is 1. The van der Waals surface area contributed by atoms with E-state index in [4.69, 9.17) is 5.11 Å². The van der Waals surface area contributed by atoms with E-state index in [9.17, 15) is 14.9 Å². The van der Waals surface area contributed by atoms with Gasteiger partial charge in [-0.25, -0.2) is 9.48 Å². The fraction of sp³-hybridized carbons (Fsp3) is 0.167. The van der Waals surface area contributed by atoms with Crippen LogP contribution in [0.5, 0.6) is 0 Å². The molecule has 2 aromatic rings. The summed E-state index contributed by atoms with van der Waals surface area (Å²) in [6.07, 6.45) is 1.14. The summed E-state index contributed by atoms with van der Waals surface area (Å²) >= 11 is 0. The van der Waals surface area contributed by atoms with Crippen LogP contribution in [0.4, 0.5) is 5.69 Å². The molecule has 1 aromatic carbocycles. The van der Waals surface area contributed by atoms with E-state index >= 15 is 0 Å². The lowest BCUT2D eigenvalue weighted by Crippen LogP contribution is -2.06. The molecule has 20 heavy (non-hydrogen) atoms. The SMILES string of the molecule is COC(=O)c1nn(-c2ccc(CO)cc2)cc1[N+](=O)[O-]. The minimum absolute atomic E-state index is 0.104. The molecule has 0 atom stereocenters. The van der Waals surface area contributed by atoms with E-state index in [0.717, 1.165) is 13.3 Å². The molecule has 0 saturated carbocycles. The number of carbonyl (C=O) groups is 1. The third-order valence-electron chi connectivity index (χ3n) is 2.65. The molecule has 2 rings (SSSR count). The molecule has 0 aliphatic heterocycles. The maximum absolute atomic E-state index is 11.4. The Hall–Kier alpha value is -2.74. The summed E-state index contributed by atoms with van der Waals surface area (Å²) < 4.78 is 5.67. The van der Waals surface area contributed by atoms with Gasteiger partial charge in [0.15, 0.2) is 0 Å². The second-order valence-electron chi connectivity index (χ2n) is 3.88. The number of nitro groups is 1. The van der Waals surface area contributed by atoms with Crippen LogP contribution in [0.2, 0.25) is 0 Å². The van der Waals surface area contributed by atoms with Gasteiger partial charge in [-0.2, -0.15) is 5.10 Å². The van der Waals surface area contributed by atoms with Gasteiger partial charge in [0.1, 0.15) is 6.20 Å². The van der Waals surface area contributed by atoms with Crippen molar-refractivity contribution in [2.24, 2.45) is 0 Å². The first-order valence-electron chi connectivity index (χ1n) is 5.59. The van der Waals surface area contributed by atoms with Crippen LogP contribution in [0.1, 0.15) is 16.1 Å². The molecule has 0 aliphatic carbocycles. The van der Waals surface area contributed by atoms with Gasteiger partial charge in [-0.1, -0.05) is 12.1 Å². The van der Waals surface area contributed by atoms with E-state index in [1.165, 1.54) is 4.68 Å². The molecule has 0 radical (unpaired) electrons. The summed E-state index contributed by atoms with van der Waals surface area (Å²) in [5, 5.41) is 23.7. The smallest absolute Gasteiger partial charge is 0.365 e. The second kappa shape index (κ2) is 5.49. The molecular weight excluding hydrogens is 266 g/mol. The molecule has 8 heteroatoms. The Bertz CT molecular complexity index is 648. The number of aromatic nitrogens is 2. The first-order chi connectivity index (χ1) is 9.56. The minimum atomic E-state index is -0.873. The molecule has 0 unspecified atom stereocenters. The fourth-order valence-corrected chi connectivity index (χ4v) is 1.63. The van der Waals surface area contributed by atoms with E-state index < -0.39 is 16.6 Å². The zero-order valence-electron chi connectivity index (χ0n) is 10.5. The first-order valence-corrected chi connectivity index (χ1v) is 5.59.